The van der Waals surface area contributed by atoms with Gasteiger partial charge in [-0.25, -0.2) is 4.98 Å². The van der Waals surface area contributed by atoms with Gasteiger partial charge in [0.25, 0.3) is 0 Å². The summed E-state index contributed by atoms with van der Waals surface area (Å²) in [5.41, 5.74) is 2.49. The molecule has 0 fully saturated rings. The molecule has 0 saturated carbocycles. The van der Waals surface area contributed by atoms with E-state index >= 15 is 0 Å². The van der Waals surface area contributed by atoms with E-state index in [1.807, 2.05) is 67.2 Å². The molecular weight excluding hydrogens is 468 g/mol. The van der Waals surface area contributed by atoms with Gasteiger partial charge in [0.15, 0.2) is 11.0 Å². The highest BCUT2D eigenvalue weighted by Gasteiger charge is 2.21. The highest BCUT2D eigenvalue weighted by molar-refractivity contribution is 8.07. The van der Waals surface area contributed by atoms with Gasteiger partial charge in [-0.05, 0) is 56.5 Å². The number of oxazole rings is 1. The molecule has 34 heavy (non-hydrogen) atoms. The molecule has 0 spiro atoms. The lowest BCUT2D eigenvalue weighted by atomic mass is 10.2. The van der Waals surface area contributed by atoms with Gasteiger partial charge in [0.05, 0.1) is 25.6 Å². The molecule has 0 amide bonds. The molecule has 0 bridgehead atoms. The van der Waals surface area contributed by atoms with Gasteiger partial charge in [-0.1, -0.05) is 30.5 Å². The summed E-state index contributed by atoms with van der Waals surface area (Å²) in [6.45, 7) is 7.78. The first-order valence-corrected chi connectivity index (χ1v) is 12.7. The smallest absolute Gasteiger partial charge is 0.226 e. The predicted molar refractivity (Wildman–Crippen MR) is 140 cm³/mol. The summed E-state index contributed by atoms with van der Waals surface area (Å²) < 4.78 is 18.5. The second kappa shape index (κ2) is 12.3. The number of allylic oxidation sites excluding steroid dienone is 5. The van der Waals surface area contributed by atoms with E-state index in [0.717, 1.165) is 33.4 Å². The van der Waals surface area contributed by atoms with Crippen LogP contribution in [0.4, 0.5) is 0 Å². The minimum absolute atomic E-state index is 0.557. The topological polar surface area (TPSA) is 75.2 Å². The number of methoxy groups -OCH3 is 2. The summed E-state index contributed by atoms with van der Waals surface area (Å²) in [7, 11) is 3.28. The Bertz CT molecular complexity index is 1210. The molecule has 0 aliphatic carbocycles. The van der Waals surface area contributed by atoms with Crippen molar-refractivity contribution < 1.29 is 13.9 Å². The second-order valence-electron chi connectivity index (χ2n) is 6.80. The molecule has 1 aromatic carbocycles. The van der Waals surface area contributed by atoms with Crippen molar-refractivity contribution in [1.29, 1.82) is 0 Å². The van der Waals surface area contributed by atoms with Crippen molar-refractivity contribution in [3.05, 3.63) is 78.7 Å². The van der Waals surface area contributed by atoms with Crippen LogP contribution >= 0.6 is 23.5 Å². The Balaban J connectivity index is 1.92. The molecule has 0 saturated heterocycles. The van der Waals surface area contributed by atoms with Crippen molar-refractivity contribution in [1.82, 2.24) is 19.7 Å². The van der Waals surface area contributed by atoms with Gasteiger partial charge in [0.1, 0.15) is 17.8 Å². The fraction of sp³-hybridized carbons (Fsp3) is 0.240. The minimum Gasteiger partial charge on any atom is -0.497 e. The second-order valence-corrected chi connectivity index (χ2v) is 8.60. The third kappa shape index (κ3) is 5.66. The maximum atomic E-state index is 5.71. The number of aromatic nitrogens is 4. The Morgan fingerprint density at radius 2 is 1.91 bits per heavy atom. The molecular formula is C25H28N4O3S2. The normalized spacial score (nSPS) is 12.7. The molecule has 9 heteroatoms. The van der Waals surface area contributed by atoms with E-state index in [9.17, 15) is 0 Å². The Kier molecular flexibility index (Phi) is 9.24. The van der Waals surface area contributed by atoms with Crippen molar-refractivity contribution in [3.8, 4) is 17.2 Å². The largest absolute Gasteiger partial charge is 0.497 e. The van der Waals surface area contributed by atoms with Gasteiger partial charge in [-0.2, -0.15) is 0 Å². The van der Waals surface area contributed by atoms with Crippen LogP contribution in [0.5, 0.6) is 5.75 Å². The van der Waals surface area contributed by atoms with Gasteiger partial charge in [-0.3, -0.25) is 4.57 Å². The van der Waals surface area contributed by atoms with Crippen molar-refractivity contribution in [2.75, 3.05) is 20.5 Å². The molecule has 2 heterocycles. The molecule has 0 radical (unpaired) electrons. The van der Waals surface area contributed by atoms with Gasteiger partial charge >= 0.3 is 0 Å². The van der Waals surface area contributed by atoms with E-state index in [2.05, 4.69) is 21.8 Å². The number of benzene rings is 1. The molecule has 0 unspecified atom stereocenters. The number of hydrogen-bond donors (Lipinski definition) is 0. The van der Waals surface area contributed by atoms with Crippen LogP contribution in [-0.2, 0) is 10.5 Å². The summed E-state index contributed by atoms with van der Waals surface area (Å²) >= 11 is 3.13. The van der Waals surface area contributed by atoms with Crippen molar-refractivity contribution in [2.45, 2.75) is 24.8 Å². The summed E-state index contributed by atoms with van der Waals surface area (Å²) in [5, 5.41) is 9.67. The fourth-order valence-electron chi connectivity index (χ4n) is 3.21. The van der Waals surface area contributed by atoms with Crippen LogP contribution < -0.4 is 4.74 Å². The minimum atomic E-state index is 0.557. The number of ether oxygens (including phenoxy) is 2. The van der Waals surface area contributed by atoms with E-state index in [1.54, 1.807) is 38.3 Å². The molecule has 3 rings (SSSR count). The molecule has 0 aliphatic rings. The molecule has 178 valence electrons. The van der Waals surface area contributed by atoms with E-state index in [-0.39, 0.29) is 0 Å². The van der Waals surface area contributed by atoms with Crippen molar-refractivity contribution >= 4 is 34.1 Å². The average molecular weight is 497 g/mol. The van der Waals surface area contributed by atoms with Gasteiger partial charge in [0, 0.05) is 16.2 Å². The maximum Gasteiger partial charge on any atom is 0.226 e. The third-order valence-electron chi connectivity index (χ3n) is 4.82. The lowest BCUT2D eigenvalue weighted by molar-refractivity contribution is 0.306. The van der Waals surface area contributed by atoms with Gasteiger partial charge in [-0.15, -0.1) is 22.0 Å². The Morgan fingerprint density at radius 1 is 1.15 bits per heavy atom. The lowest BCUT2D eigenvalue weighted by Gasteiger charge is -2.16. The SMILES string of the molecule is C=CC=C(C(=CC)OC)n1c(SCc2coc(-c3ccc(OC)cc3)n2)nnc1C(=CC)SC. The molecule has 2 aromatic heterocycles. The third-order valence-corrected chi connectivity index (χ3v) is 6.65. The van der Waals surface area contributed by atoms with E-state index < -0.39 is 0 Å². The first kappa shape index (κ1) is 25.5. The zero-order chi connectivity index (χ0) is 24.5. The van der Waals surface area contributed by atoms with Crippen molar-refractivity contribution in [2.24, 2.45) is 0 Å². The summed E-state index contributed by atoms with van der Waals surface area (Å²) in [5.74, 6) is 3.33. The van der Waals surface area contributed by atoms with Crippen LogP contribution in [0.3, 0.4) is 0 Å². The predicted octanol–water partition coefficient (Wildman–Crippen LogP) is 6.53. The Hall–Kier alpha value is -3.17. The lowest BCUT2D eigenvalue weighted by Crippen LogP contribution is -2.07. The van der Waals surface area contributed by atoms with Crippen LogP contribution in [0.1, 0.15) is 25.4 Å². The average Bonchev–Trinajstić information content (AvgIpc) is 3.51. The van der Waals surface area contributed by atoms with E-state index in [4.69, 9.17) is 13.9 Å². The molecule has 7 nitrogen and oxygen atoms in total. The Morgan fingerprint density at radius 3 is 2.50 bits per heavy atom. The number of nitrogens with zero attached hydrogens (tertiary/aromatic N) is 4. The van der Waals surface area contributed by atoms with Gasteiger partial charge < -0.3 is 13.9 Å². The first-order valence-electron chi connectivity index (χ1n) is 10.5. The van der Waals surface area contributed by atoms with E-state index in [0.29, 0.717) is 22.6 Å². The fourth-order valence-corrected chi connectivity index (χ4v) is 4.58. The number of thioether (sulfide) groups is 2. The summed E-state index contributed by atoms with van der Waals surface area (Å²) in [4.78, 5) is 5.64. The van der Waals surface area contributed by atoms with E-state index in [1.165, 1.54) is 11.8 Å². The number of rotatable bonds is 11. The van der Waals surface area contributed by atoms with Crippen molar-refractivity contribution in [3.63, 3.8) is 0 Å². The van der Waals surface area contributed by atoms with Crippen LogP contribution in [0.15, 0.2) is 76.7 Å². The van der Waals surface area contributed by atoms with Gasteiger partial charge in [0.2, 0.25) is 5.89 Å². The maximum absolute atomic E-state index is 5.71. The summed E-state index contributed by atoms with van der Waals surface area (Å²) in [6.07, 6.45) is 11.2. The molecule has 3 aromatic rings. The quantitative estimate of drug-likeness (QED) is 0.168. The molecule has 0 aliphatic heterocycles. The number of hydrogen-bond acceptors (Lipinski definition) is 8. The van der Waals surface area contributed by atoms with Crippen LogP contribution in [-0.4, -0.2) is 40.2 Å². The highest BCUT2D eigenvalue weighted by Crippen LogP contribution is 2.34. The highest BCUT2D eigenvalue weighted by atomic mass is 32.2. The van der Waals surface area contributed by atoms with Crippen LogP contribution in [0.2, 0.25) is 0 Å². The standard InChI is InChI=1S/C25H28N4O3S2/c1-7-10-20(21(8-2)31-5)29-23(22(9-3)33-6)27-28-25(29)34-16-18-15-32-24(26-18)17-11-13-19(30-4)14-12-17/h7-15H,1,16H2,2-6H3. The first-order chi connectivity index (χ1) is 16.6. The zero-order valence-electron chi connectivity index (χ0n) is 19.9. The van der Waals surface area contributed by atoms with Crippen LogP contribution in [0, 0.1) is 0 Å². The Labute approximate surface area is 208 Å². The molecule has 0 N–H and O–H groups in total. The molecule has 0 atom stereocenters. The van der Waals surface area contributed by atoms with Crippen LogP contribution in [0.25, 0.3) is 22.1 Å². The monoisotopic (exact) mass is 496 g/mol. The zero-order valence-corrected chi connectivity index (χ0v) is 21.6. The summed E-state index contributed by atoms with van der Waals surface area (Å²) in [6, 6.07) is 7.59.